The first-order chi connectivity index (χ1) is 8.92. The number of aryl methyl sites for hydroxylation is 1. The van der Waals surface area contributed by atoms with Crippen molar-refractivity contribution in [3.8, 4) is 0 Å². The number of aromatic nitrogens is 3. The van der Waals surface area contributed by atoms with Gasteiger partial charge in [-0.1, -0.05) is 11.8 Å². The maximum Gasteiger partial charge on any atom is 0.237 e. The third-order valence-electron chi connectivity index (χ3n) is 3.53. The number of carbonyl (C=O) groups is 1. The molecule has 19 heavy (non-hydrogen) atoms. The first-order valence-corrected chi connectivity index (χ1v) is 7.47. The van der Waals surface area contributed by atoms with E-state index >= 15 is 0 Å². The molecule has 7 heteroatoms. The van der Waals surface area contributed by atoms with Crippen LogP contribution in [0, 0.1) is 6.92 Å². The second-order valence-electron chi connectivity index (χ2n) is 5.30. The second-order valence-corrected chi connectivity index (χ2v) is 6.36. The molecule has 2 rings (SSSR count). The quantitative estimate of drug-likeness (QED) is 0.716. The molecule has 1 fully saturated rings. The first kappa shape index (κ1) is 14.3. The van der Waals surface area contributed by atoms with Crippen LogP contribution in [-0.2, 0) is 11.8 Å². The number of hydrogen-bond acceptors (Lipinski definition) is 5. The molecule has 1 aromatic rings. The number of carbonyl (C=O) groups excluding carboxylic acids is 1. The molecule has 0 radical (unpaired) electrons. The fourth-order valence-electron chi connectivity index (χ4n) is 1.80. The van der Waals surface area contributed by atoms with Crippen molar-refractivity contribution in [1.29, 1.82) is 0 Å². The molecule has 1 aliphatic carbocycles. The Labute approximate surface area is 117 Å². The minimum Gasteiger partial charge on any atom is -0.368 e. The topological polar surface area (TPSA) is 85.8 Å². The zero-order valence-corrected chi connectivity index (χ0v) is 12.5. The van der Waals surface area contributed by atoms with Crippen LogP contribution in [0.15, 0.2) is 5.16 Å². The number of amides is 1. The molecular weight excluding hydrogens is 262 g/mol. The van der Waals surface area contributed by atoms with E-state index in [1.54, 1.807) is 11.8 Å². The zero-order valence-electron chi connectivity index (χ0n) is 11.6. The van der Waals surface area contributed by atoms with Gasteiger partial charge in [0.05, 0.1) is 5.54 Å². The number of thioether (sulfide) groups is 1. The van der Waals surface area contributed by atoms with E-state index in [4.69, 9.17) is 5.73 Å². The Morgan fingerprint density at radius 2 is 2.26 bits per heavy atom. The normalized spacial score (nSPS) is 18.3. The number of hydrogen-bond donors (Lipinski definition) is 2. The maximum atomic E-state index is 11.6. The molecule has 0 saturated heterocycles. The van der Waals surface area contributed by atoms with E-state index in [0.29, 0.717) is 12.5 Å². The lowest BCUT2D eigenvalue weighted by atomic mass is 9.98. The summed E-state index contributed by atoms with van der Waals surface area (Å²) in [4.78, 5) is 11.6. The van der Waals surface area contributed by atoms with Crippen molar-refractivity contribution in [1.82, 2.24) is 20.1 Å². The Morgan fingerprint density at radius 3 is 2.74 bits per heavy atom. The highest BCUT2D eigenvalue weighted by Gasteiger charge is 2.36. The molecule has 1 amide bonds. The minimum atomic E-state index is -0.623. The molecule has 1 aliphatic rings. The fourth-order valence-corrected chi connectivity index (χ4v) is 2.92. The third-order valence-corrected chi connectivity index (χ3v) is 4.55. The van der Waals surface area contributed by atoms with Gasteiger partial charge in [-0.3, -0.25) is 4.79 Å². The number of nitrogens with zero attached hydrogens (tertiary/aromatic N) is 3. The van der Waals surface area contributed by atoms with Crippen LogP contribution in [0.25, 0.3) is 0 Å². The molecule has 0 bridgehead atoms. The van der Waals surface area contributed by atoms with Crippen molar-refractivity contribution in [3.05, 3.63) is 5.82 Å². The van der Waals surface area contributed by atoms with Gasteiger partial charge in [-0.15, -0.1) is 10.2 Å². The molecular formula is C12H21N5OS. The molecule has 1 aromatic heterocycles. The number of nitrogens with one attached hydrogen (secondary N) is 1. The van der Waals surface area contributed by atoms with Gasteiger partial charge in [0, 0.05) is 18.8 Å². The van der Waals surface area contributed by atoms with Gasteiger partial charge in [0.25, 0.3) is 0 Å². The molecule has 0 spiro atoms. The van der Waals surface area contributed by atoms with Crippen molar-refractivity contribution < 1.29 is 4.79 Å². The summed E-state index contributed by atoms with van der Waals surface area (Å²) >= 11 is 1.60. The number of nitrogens with two attached hydrogens (primary N) is 1. The van der Waals surface area contributed by atoms with Crippen molar-refractivity contribution in [2.75, 3.05) is 5.75 Å². The summed E-state index contributed by atoms with van der Waals surface area (Å²) in [5.74, 6) is 1.39. The molecule has 0 aliphatic heterocycles. The van der Waals surface area contributed by atoms with E-state index < -0.39 is 5.54 Å². The Balaban J connectivity index is 1.88. The molecule has 0 aromatic carbocycles. The van der Waals surface area contributed by atoms with Gasteiger partial charge in [0.15, 0.2) is 5.16 Å². The summed E-state index contributed by atoms with van der Waals surface area (Å²) in [6.07, 6.45) is 2.96. The van der Waals surface area contributed by atoms with Crippen LogP contribution in [-0.4, -0.2) is 38.0 Å². The van der Waals surface area contributed by atoms with E-state index in [-0.39, 0.29) is 5.91 Å². The predicted molar refractivity (Wildman–Crippen MR) is 74.8 cm³/mol. The van der Waals surface area contributed by atoms with E-state index in [1.165, 1.54) is 0 Å². The highest BCUT2D eigenvalue weighted by atomic mass is 32.2. The van der Waals surface area contributed by atoms with Crippen molar-refractivity contribution in [2.45, 2.75) is 49.8 Å². The highest BCUT2D eigenvalue weighted by Crippen LogP contribution is 2.26. The monoisotopic (exact) mass is 283 g/mol. The fraction of sp³-hybridized carbons (Fsp3) is 0.750. The first-order valence-electron chi connectivity index (χ1n) is 6.49. The van der Waals surface area contributed by atoms with Gasteiger partial charge >= 0.3 is 0 Å². The average Bonchev–Trinajstić information content (AvgIpc) is 3.10. The van der Waals surface area contributed by atoms with E-state index in [2.05, 4.69) is 15.5 Å². The Hall–Kier alpha value is -1.08. The van der Waals surface area contributed by atoms with Crippen LogP contribution >= 0.6 is 11.8 Å². The van der Waals surface area contributed by atoms with Crippen LogP contribution in [0.5, 0.6) is 0 Å². The van der Waals surface area contributed by atoms with Gasteiger partial charge in [-0.05, 0) is 33.1 Å². The number of rotatable bonds is 7. The summed E-state index contributed by atoms with van der Waals surface area (Å²) in [5.41, 5.74) is 4.89. The molecule has 6 nitrogen and oxygen atoms in total. The summed E-state index contributed by atoms with van der Waals surface area (Å²) in [7, 11) is 1.94. The molecule has 1 heterocycles. The third kappa shape index (κ3) is 3.48. The van der Waals surface area contributed by atoms with E-state index in [0.717, 1.165) is 29.6 Å². The van der Waals surface area contributed by atoms with E-state index in [1.807, 2.05) is 25.5 Å². The summed E-state index contributed by atoms with van der Waals surface area (Å²) in [6, 6.07) is 0.458. The van der Waals surface area contributed by atoms with Crippen LogP contribution in [0.2, 0.25) is 0 Å². The van der Waals surface area contributed by atoms with Crippen LogP contribution in [0.1, 0.15) is 32.0 Å². The Morgan fingerprint density at radius 1 is 1.58 bits per heavy atom. The van der Waals surface area contributed by atoms with Crippen LogP contribution in [0.4, 0.5) is 0 Å². The lowest BCUT2D eigenvalue weighted by Gasteiger charge is -2.27. The van der Waals surface area contributed by atoms with Crippen LogP contribution in [0.3, 0.4) is 0 Å². The standard InChI is InChI=1S/C12H21N5OS/c1-8-15-16-11(17(8)3)19-7-6-12(2,10(13)18)14-9-4-5-9/h9,14H,4-7H2,1-3H3,(H2,13,18). The van der Waals surface area contributed by atoms with E-state index in [9.17, 15) is 4.79 Å². The van der Waals surface area contributed by atoms with Crippen molar-refractivity contribution >= 4 is 17.7 Å². The Bertz CT molecular complexity index is 471. The summed E-state index contributed by atoms with van der Waals surface area (Å²) in [5, 5.41) is 12.3. The van der Waals surface area contributed by atoms with Gasteiger partial charge in [0.2, 0.25) is 5.91 Å². The SMILES string of the molecule is Cc1nnc(SCCC(C)(NC2CC2)C(N)=O)n1C. The van der Waals surface area contributed by atoms with Crippen molar-refractivity contribution in [2.24, 2.45) is 12.8 Å². The van der Waals surface area contributed by atoms with Gasteiger partial charge < -0.3 is 15.6 Å². The molecule has 106 valence electrons. The number of primary amides is 1. The average molecular weight is 283 g/mol. The Kier molecular flexibility index (Phi) is 4.15. The largest absolute Gasteiger partial charge is 0.368 e. The maximum absolute atomic E-state index is 11.6. The second kappa shape index (κ2) is 5.50. The molecule has 1 unspecified atom stereocenters. The molecule has 1 atom stereocenters. The smallest absolute Gasteiger partial charge is 0.237 e. The summed E-state index contributed by atoms with van der Waals surface area (Å²) in [6.45, 7) is 3.80. The molecule has 3 N–H and O–H groups in total. The van der Waals surface area contributed by atoms with Gasteiger partial charge in [0.1, 0.15) is 5.82 Å². The van der Waals surface area contributed by atoms with Crippen molar-refractivity contribution in [3.63, 3.8) is 0 Å². The summed E-state index contributed by atoms with van der Waals surface area (Å²) < 4.78 is 1.95. The predicted octanol–water partition coefficient (Wildman–Crippen LogP) is 0.602. The zero-order chi connectivity index (χ0) is 14.0. The van der Waals surface area contributed by atoms with Gasteiger partial charge in [-0.2, -0.15) is 0 Å². The van der Waals surface area contributed by atoms with Crippen LogP contribution < -0.4 is 11.1 Å². The molecule has 1 saturated carbocycles. The lowest BCUT2D eigenvalue weighted by molar-refractivity contribution is -0.124. The lowest BCUT2D eigenvalue weighted by Crippen LogP contribution is -2.54. The van der Waals surface area contributed by atoms with Gasteiger partial charge in [-0.25, -0.2) is 0 Å². The highest BCUT2D eigenvalue weighted by molar-refractivity contribution is 7.99. The minimum absolute atomic E-state index is 0.283.